The number of halogens is 3. The molecule has 1 rings (SSSR count). The maximum atomic E-state index is 12.4. The molecule has 4 nitrogen and oxygen atoms in total. The third-order valence-corrected chi connectivity index (χ3v) is 2.26. The Balaban J connectivity index is 2.62. The maximum Gasteiger partial charge on any atom is 0.415 e. The van der Waals surface area contributed by atoms with Crippen LogP contribution in [-0.4, -0.2) is 22.6 Å². The van der Waals surface area contributed by atoms with E-state index in [-0.39, 0.29) is 6.54 Å². The first-order valence-corrected chi connectivity index (χ1v) is 4.78. The normalized spacial score (nSPS) is 15.1. The molecule has 0 aliphatic rings. The average Bonchev–Trinajstić information content (AvgIpc) is 2.25. The van der Waals surface area contributed by atoms with Gasteiger partial charge in [-0.2, -0.15) is 13.2 Å². The summed E-state index contributed by atoms with van der Waals surface area (Å²) in [4.78, 5) is 15.1. The fraction of sp³-hybridized carbons (Fsp3) is 0.400. The van der Waals surface area contributed by atoms with Gasteiger partial charge in [0.25, 0.3) is 0 Å². The number of amides is 1. The largest absolute Gasteiger partial charge is 0.415 e. The predicted molar refractivity (Wildman–Crippen MR) is 54.7 cm³/mol. The number of hydrogen-bond acceptors (Lipinski definition) is 3. The van der Waals surface area contributed by atoms with Crippen LogP contribution in [0.15, 0.2) is 24.5 Å². The predicted octanol–water partition coefficient (Wildman–Crippen LogP) is 0.977. The summed E-state index contributed by atoms with van der Waals surface area (Å²) in [7, 11) is 0. The lowest BCUT2D eigenvalue weighted by atomic mass is 10.0. The number of pyridine rings is 1. The molecule has 7 heteroatoms. The Bertz CT molecular complexity index is 390. The molecular formula is C10H12F3N3O. The topological polar surface area (TPSA) is 68.0 Å². The van der Waals surface area contributed by atoms with E-state index >= 15 is 0 Å². The molecule has 1 atom stereocenters. The van der Waals surface area contributed by atoms with Crippen LogP contribution in [0, 0.1) is 0 Å². The van der Waals surface area contributed by atoms with Gasteiger partial charge in [0, 0.05) is 18.9 Å². The Morgan fingerprint density at radius 2 is 1.94 bits per heavy atom. The van der Waals surface area contributed by atoms with Crippen molar-refractivity contribution in [1.82, 2.24) is 10.3 Å². The molecule has 1 heterocycles. The third kappa shape index (κ3) is 3.16. The number of rotatable bonds is 3. The molecule has 3 N–H and O–H groups in total. The first kappa shape index (κ1) is 13.4. The zero-order chi connectivity index (χ0) is 13.1. The summed E-state index contributed by atoms with van der Waals surface area (Å²) in [5, 5.41) is 2.13. The third-order valence-electron chi connectivity index (χ3n) is 2.26. The number of aromatic nitrogens is 1. The smallest absolute Gasteiger partial charge is 0.350 e. The molecule has 0 spiro atoms. The van der Waals surface area contributed by atoms with Gasteiger partial charge >= 0.3 is 6.18 Å². The van der Waals surface area contributed by atoms with Gasteiger partial charge in [0.15, 0.2) is 5.54 Å². The highest BCUT2D eigenvalue weighted by Crippen LogP contribution is 2.27. The molecule has 0 bridgehead atoms. The molecule has 0 aromatic carbocycles. The van der Waals surface area contributed by atoms with Crippen molar-refractivity contribution in [2.75, 3.05) is 0 Å². The molecule has 0 saturated heterocycles. The van der Waals surface area contributed by atoms with Crippen molar-refractivity contribution in [3.05, 3.63) is 30.1 Å². The van der Waals surface area contributed by atoms with Crippen molar-refractivity contribution in [3.8, 4) is 0 Å². The molecule has 1 unspecified atom stereocenters. The van der Waals surface area contributed by atoms with Crippen molar-refractivity contribution in [1.29, 1.82) is 0 Å². The molecule has 0 aliphatic carbocycles. The number of carbonyl (C=O) groups is 1. The van der Waals surface area contributed by atoms with E-state index in [0.29, 0.717) is 12.5 Å². The summed E-state index contributed by atoms with van der Waals surface area (Å²) in [6, 6.07) is 3.17. The van der Waals surface area contributed by atoms with Gasteiger partial charge in [-0.3, -0.25) is 9.78 Å². The number of carbonyl (C=O) groups excluding carboxylic acids is 1. The molecule has 1 aromatic rings. The van der Waals surface area contributed by atoms with Crippen molar-refractivity contribution in [2.45, 2.75) is 25.2 Å². The van der Waals surface area contributed by atoms with E-state index in [0.717, 1.165) is 0 Å². The van der Waals surface area contributed by atoms with Crippen LogP contribution in [0.25, 0.3) is 0 Å². The lowest BCUT2D eigenvalue weighted by molar-refractivity contribution is -0.187. The molecular weight excluding hydrogens is 235 g/mol. The van der Waals surface area contributed by atoms with E-state index in [4.69, 9.17) is 5.73 Å². The minimum absolute atomic E-state index is 0.0236. The monoisotopic (exact) mass is 247 g/mol. The average molecular weight is 247 g/mol. The Kier molecular flexibility index (Phi) is 3.72. The van der Waals surface area contributed by atoms with Crippen molar-refractivity contribution in [2.24, 2.45) is 5.73 Å². The Morgan fingerprint density at radius 1 is 1.41 bits per heavy atom. The molecule has 94 valence electrons. The number of nitrogens with one attached hydrogen (secondary N) is 1. The van der Waals surface area contributed by atoms with Crippen LogP contribution in [0.2, 0.25) is 0 Å². The van der Waals surface area contributed by atoms with Gasteiger partial charge in [-0.25, -0.2) is 0 Å². The number of alkyl halides is 3. The van der Waals surface area contributed by atoms with E-state index in [1.165, 1.54) is 12.4 Å². The first-order chi connectivity index (χ1) is 7.75. The van der Waals surface area contributed by atoms with E-state index in [1.54, 1.807) is 12.1 Å². The van der Waals surface area contributed by atoms with Gasteiger partial charge in [0.05, 0.1) is 0 Å². The lowest BCUT2D eigenvalue weighted by Crippen LogP contribution is -2.61. The van der Waals surface area contributed by atoms with E-state index in [2.05, 4.69) is 10.3 Å². The number of nitrogens with zero attached hydrogens (tertiary/aromatic N) is 1. The highest BCUT2D eigenvalue weighted by molar-refractivity contribution is 5.86. The summed E-state index contributed by atoms with van der Waals surface area (Å²) in [5.41, 5.74) is 2.71. The van der Waals surface area contributed by atoms with Crippen molar-refractivity contribution >= 4 is 5.91 Å². The van der Waals surface area contributed by atoms with E-state index in [1.807, 2.05) is 0 Å². The zero-order valence-electron chi connectivity index (χ0n) is 9.08. The summed E-state index contributed by atoms with van der Waals surface area (Å²) in [6.07, 6.45) is -1.82. The fourth-order valence-electron chi connectivity index (χ4n) is 0.995. The van der Waals surface area contributed by atoms with Gasteiger partial charge in [-0.15, -0.1) is 0 Å². The van der Waals surface area contributed by atoms with Crippen LogP contribution >= 0.6 is 0 Å². The van der Waals surface area contributed by atoms with E-state index in [9.17, 15) is 18.0 Å². The van der Waals surface area contributed by atoms with Crippen LogP contribution in [0.1, 0.15) is 12.5 Å². The van der Waals surface area contributed by atoms with Crippen molar-refractivity contribution in [3.63, 3.8) is 0 Å². The molecule has 1 amide bonds. The molecule has 0 radical (unpaired) electrons. The second-order valence-electron chi connectivity index (χ2n) is 3.74. The quantitative estimate of drug-likeness (QED) is 0.836. The Hall–Kier alpha value is -1.63. The van der Waals surface area contributed by atoms with Crippen LogP contribution in [0.4, 0.5) is 13.2 Å². The van der Waals surface area contributed by atoms with Crippen LogP contribution in [0.3, 0.4) is 0 Å². The molecule has 17 heavy (non-hydrogen) atoms. The van der Waals surface area contributed by atoms with Gasteiger partial charge in [-0.05, 0) is 24.6 Å². The highest BCUT2D eigenvalue weighted by atomic mass is 19.4. The standard InChI is InChI=1S/C10H12F3N3O/c1-9(14,10(11,12)13)8(17)16-6-7-2-4-15-5-3-7/h2-5H,6,14H2,1H3,(H,16,17). The SMILES string of the molecule is CC(N)(C(=O)NCc1ccncc1)C(F)(F)F. The maximum absolute atomic E-state index is 12.4. The van der Waals surface area contributed by atoms with Gasteiger partial charge in [-0.1, -0.05) is 0 Å². The van der Waals surface area contributed by atoms with Gasteiger partial charge < -0.3 is 11.1 Å². The van der Waals surface area contributed by atoms with Crippen molar-refractivity contribution < 1.29 is 18.0 Å². The second kappa shape index (κ2) is 4.70. The van der Waals surface area contributed by atoms with Crippen LogP contribution in [0.5, 0.6) is 0 Å². The molecule has 0 fully saturated rings. The van der Waals surface area contributed by atoms with Gasteiger partial charge in [0.2, 0.25) is 5.91 Å². The highest BCUT2D eigenvalue weighted by Gasteiger charge is 2.53. The minimum Gasteiger partial charge on any atom is -0.350 e. The van der Waals surface area contributed by atoms with Crippen LogP contribution < -0.4 is 11.1 Å². The first-order valence-electron chi connectivity index (χ1n) is 4.78. The second-order valence-corrected chi connectivity index (χ2v) is 3.74. The fourth-order valence-corrected chi connectivity index (χ4v) is 0.995. The summed E-state index contributed by atoms with van der Waals surface area (Å²) in [6.45, 7) is 0.610. The Labute approximate surface area is 96.0 Å². The summed E-state index contributed by atoms with van der Waals surface area (Å²) < 4.78 is 37.2. The zero-order valence-corrected chi connectivity index (χ0v) is 9.08. The van der Waals surface area contributed by atoms with E-state index < -0.39 is 17.6 Å². The summed E-state index contributed by atoms with van der Waals surface area (Å²) in [5.74, 6) is -1.26. The number of hydrogen-bond donors (Lipinski definition) is 2. The molecule has 0 aliphatic heterocycles. The molecule has 0 saturated carbocycles. The van der Waals surface area contributed by atoms with Gasteiger partial charge in [0.1, 0.15) is 0 Å². The number of nitrogens with two attached hydrogens (primary N) is 1. The summed E-state index contributed by atoms with van der Waals surface area (Å²) >= 11 is 0. The Morgan fingerprint density at radius 3 is 2.41 bits per heavy atom. The van der Waals surface area contributed by atoms with Crippen LogP contribution in [-0.2, 0) is 11.3 Å². The minimum atomic E-state index is -4.78. The lowest BCUT2D eigenvalue weighted by Gasteiger charge is -2.26. The molecule has 1 aromatic heterocycles.